The van der Waals surface area contributed by atoms with Gasteiger partial charge in [-0.2, -0.15) is 5.10 Å². The number of aryl methyl sites for hydroxylation is 1. The Balaban J connectivity index is 2.31. The van der Waals surface area contributed by atoms with E-state index in [9.17, 15) is 9.59 Å². The van der Waals surface area contributed by atoms with E-state index in [1.807, 2.05) is 0 Å². The molecule has 0 aliphatic carbocycles. The van der Waals surface area contributed by atoms with Gasteiger partial charge in [0.15, 0.2) is 5.82 Å². The molecule has 0 atom stereocenters. The van der Waals surface area contributed by atoms with Crippen LogP contribution in [0.15, 0.2) is 34.8 Å². The first kappa shape index (κ1) is 14.1. The number of nitrogens with one attached hydrogen (secondary N) is 1. The van der Waals surface area contributed by atoms with Crippen LogP contribution in [0.2, 0.25) is 0 Å². The smallest absolute Gasteiger partial charge is 0.336 e. The molecule has 1 aromatic carbocycles. The summed E-state index contributed by atoms with van der Waals surface area (Å²) >= 11 is 3.21. The van der Waals surface area contributed by atoms with Crippen LogP contribution in [0.3, 0.4) is 0 Å². The molecule has 1 amide bonds. The Morgan fingerprint density at radius 3 is 2.50 bits per heavy atom. The average Bonchev–Trinajstić information content (AvgIpc) is 2.41. The molecule has 0 bridgehead atoms. The van der Waals surface area contributed by atoms with E-state index in [-0.39, 0.29) is 16.9 Å². The van der Waals surface area contributed by atoms with Gasteiger partial charge in [0.2, 0.25) is 0 Å². The zero-order chi connectivity index (χ0) is 14.7. The van der Waals surface area contributed by atoms with Crippen LogP contribution in [-0.2, 0) is 0 Å². The van der Waals surface area contributed by atoms with Crippen LogP contribution >= 0.6 is 15.9 Å². The number of carboxylic acids is 1. The Hall–Kier alpha value is -2.28. The number of benzene rings is 1. The van der Waals surface area contributed by atoms with Crippen LogP contribution in [0.5, 0.6) is 0 Å². The summed E-state index contributed by atoms with van der Waals surface area (Å²) in [5.41, 5.74) is 0.691. The van der Waals surface area contributed by atoms with Gasteiger partial charge in [-0.15, -0.1) is 5.10 Å². The molecule has 1 aromatic heterocycles. The summed E-state index contributed by atoms with van der Waals surface area (Å²) in [5, 5.41) is 19.2. The minimum atomic E-state index is -1.17. The summed E-state index contributed by atoms with van der Waals surface area (Å²) < 4.78 is 0.614. The first-order valence-corrected chi connectivity index (χ1v) is 6.41. The molecule has 0 aliphatic rings. The lowest BCUT2D eigenvalue weighted by molar-refractivity contribution is 0.0692. The molecule has 0 saturated heterocycles. The molecular formula is C13H10BrN3O3. The van der Waals surface area contributed by atoms with Gasteiger partial charge in [0, 0.05) is 4.47 Å². The van der Waals surface area contributed by atoms with Gasteiger partial charge in [0.1, 0.15) is 0 Å². The normalized spacial score (nSPS) is 10.1. The van der Waals surface area contributed by atoms with Crippen molar-refractivity contribution < 1.29 is 14.7 Å². The lowest BCUT2D eigenvalue weighted by atomic mass is 10.1. The number of amides is 1. The third kappa shape index (κ3) is 3.18. The first-order valence-electron chi connectivity index (χ1n) is 5.62. The molecule has 2 aromatic rings. The minimum absolute atomic E-state index is 0.0502. The minimum Gasteiger partial charge on any atom is -0.478 e. The average molecular weight is 336 g/mol. The number of aromatic carboxylic acids is 1. The highest BCUT2D eigenvalue weighted by molar-refractivity contribution is 9.10. The molecule has 2 rings (SSSR count). The van der Waals surface area contributed by atoms with Crippen LogP contribution in [0.4, 0.5) is 5.82 Å². The molecule has 0 aliphatic heterocycles. The molecule has 0 saturated carbocycles. The molecule has 0 unspecified atom stereocenters. The van der Waals surface area contributed by atoms with E-state index in [2.05, 4.69) is 31.4 Å². The molecule has 2 N–H and O–H groups in total. The van der Waals surface area contributed by atoms with Crippen molar-refractivity contribution in [1.82, 2.24) is 10.2 Å². The molecule has 7 heteroatoms. The van der Waals surface area contributed by atoms with Gasteiger partial charge in [0.05, 0.1) is 16.8 Å². The Morgan fingerprint density at radius 2 is 1.90 bits per heavy atom. The van der Waals surface area contributed by atoms with Crippen LogP contribution in [0, 0.1) is 6.92 Å². The highest BCUT2D eigenvalue weighted by Crippen LogP contribution is 2.18. The number of aromatic nitrogens is 2. The van der Waals surface area contributed by atoms with Gasteiger partial charge in [-0.05, 0) is 37.3 Å². The lowest BCUT2D eigenvalue weighted by Gasteiger charge is -2.07. The fourth-order valence-electron chi connectivity index (χ4n) is 1.54. The molecule has 102 valence electrons. The predicted octanol–water partition coefficient (Wildman–Crippen LogP) is 2.50. The maximum atomic E-state index is 12.1. The molecule has 0 radical (unpaired) electrons. The maximum Gasteiger partial charge on any atom is 0.336 e. The van der Waals surface area contributed by atoms with Gasteiger partial charge in [-0.3, -0.25) is 4.79 Å². The summed E-state index contributed by atoms with van der Waals surface area (Å²) in [5.74, 6) is -1.46. The Bertz CT molecular complexity index is 671. The van der Waals surface area contributed by atoms with Crippen molar-refractivity contribution >= 4 is 33.6 Å². The number of hydrogen-bond donors (Lipinski definition) is 2. The van der Waals surface area contributed by atoms with Crippen molar-refractivity contribution in [3.63, 3.8) is 0 Å². The standard InChI is InChI=1S/C13H10BrN3O3/c1-7-2-5-11(17-16-7)15-12(18)10-6-8(14)3-4-9(10)13(19)20/h2-6H,1H3,(H,19,20)(H,15,17,18). The molecule has 1 heterocycles. The number of carbonyl (C=O) groups is 2. The number of carbonyl (C=O) groups excluding carboxylic acids is 1. The van der Waals surface area contributed by atoms with Gasteiger partial charge in [-0.25, -0.2) is 4.79 Å². The lowest BCUT2D eigenvalue weighted by Crippen LogP contribution is -2.17. The van der Waals surface area contributed by atoms with Gasteiger partial charge in [0.25, 0.3) is 5.91 Å². The van der Waals surface area contributed by atoms with E-state index < -0.39 is 11.9 Å². The predicted molar refractivity (Wildman–Crippen MR) is 75.8 cm³/mol. The fourth-order valence-corrected chi connectivity index (χ4v) is 1.90. The van der Waals surface area contributed by atoms with E-state index in [0.717, 1.165) is 5.69 Å². The van der Waals surface area contributed by atoms with Crippen LogP contribution in [-0.4, -0.2) is 27.2 Å². The van der Waals surface area contributed by atoms with E-state index >= 15 is 0 Å². The van der Waals surface area contributed by atoms with Crippen molar-refractivity contribution in [2.45, 2.75) is 6.92 Å². The van der Waals surface area contributed by atoms with Gasteiger partial charge >= 0.3 is 5.97 Å². The molecule has 20 heavy (non-hydrogen) atoms. The van der Waals surface area contributed by atoms with Crippen molar-refractivity contribution in [3.8, 4) is 0 Å². The van der Waals surface area contributed by atoms with E-state index in [1.165, 1.54) is 12.1 Å². The summed E-state index contributed by atoms with van der Waals surface area (Å²) in [6, 6.07) is 7.66. The fraction of sp³-hybridized carbons (Fsp3) is 0.0769. The third-order valence-corrected chi connectivity index (χ3v) is 2.99. The largest absolute Gasteiger partial charge is 0.478 e. The Morgan fingerprint density at radius 1 is 1.15 bits per heavy atom. The molecular weight excluding hydrogens is 326 g/mol. The van der Waals surface area contributed by atoms with Crippen LogP contribution < -0.4 is 5.32 Å². The zero-order valence-corrected chi connectivity index (χ0v) is 12.0. The first-order chi connectivity index (χ1) is 9.47. The number of hydrogen-bond acceptors (Lipinski definition) is 4. The van der Waals surface area contributed by atoms with Gasteiger partial charge in [-0.1, -0.05) is 15.9 Å². The zero-order valence-electron chi connectivity index (χ0n) is 10.4. The van der Waals surface area contributed by atoms with E-state index in [4.69, 9.17) is 5.11 Å². The van der Waals surface area contributed by atoms with Crippen LogP contribution in [0.25, 0.3) is 0 Å². The van der Waals surface area contributed by atoms with Crippen molar-refractivity contribution in [1.29, 1.82) is 0 Å². The van der Waals surface area contributed by atoms with Crippen molar-refractivity contribution in [3.05, 3.63) is 51.6 Å². The third-order valence-electron chi connectivity index (χ3n) is 2.50. The number of halogens is 1. The number of anilines is 1. The Labute approximate surface area is 123 Å². The van der Waals surface area contributed by atoms with E-state index in [0.29, 0.717) is 4.47 Å². The maximum absolute atomic E-state index is 12.1. The second-order valence-electron chi connectivity index (χ2n) is 4.01. The summed E-state index contributed by atoms with van der Waals surface area (Å²) in [6.45, 7) is 1.77. The van der Waals surface area contributed by atoms with Crippen molar-refractivity contribution in [2.75, 3.05) is 5.32 Å². The SMILES string of the molecule is Cc1ccc(NC(=O)c2cc(Br)ccc2C(=O)O)nn1. The van der Waals surface area contributed by atoms with Crippen molar-refractivity contribution in [2.24, 2.45) is 0 Å². The summed E-state index contributed by atoms with van der Waals surface area (Å²) in [4.78, 5) is 23.2. The number of carboxylic acid groups (broad SMARTS) is 1. The second kappa shape index (κ2) is 5.79. The number of nitrogens with zero attached hydrogens (tertiary/aromatic N) is 2. The molecule has 0 spiro atoms. The highest BCUT2D eigenvalue weighted by atomic mass is 79.9. The van der Waals surface area contributed by atoms with E-state index in [1.54, 1.807) is 25.1 Å². The van der Waals surface area contributed by atoms with Gasteiger partial charge < -0.3 is 10.4 Å². The molecule has 0 fully saturated rings. The highest BCUT2D eigenvalue weighted by Gasteiger charge is 2.17. The van der Waals surface area contributed by atoms with Crippen LogP contribution in [0.1, 0.15) is 26.4 Å². The monoisotopic (exact) mass is 335 g/mol. The number of rotatable bonds is 3. The second-order valence-corrected chi connectivity index (χ2v) is 4.92. The molecule has 6 nitrogen and oxygen atoms in total. The topological polar surface area (TPSA) is 92.2 Å². The quantitative estimate of drug-likeness (QED) is 0.898. The summed E-state index contributed by atoms with van der Waals surface area (Å²) in [6.07, 6.45) is 0. The Kier molecular flexibility index (Phi) is 4.09. The summed E-state index contributed by atoms with van der Waals surface area (Å²) in [7, 11) is 0.